The molecule has 138 valence electrons. The van der Waals surface area contributed by atoms with E-state index in [-0.39, 0.29) is 17.6 Å². The molecule has 0 bridgehead atoms. The molecule has 1 atom stereocenters. The maximum Gasteiger partial charge on any atom is 0.410 e. The van der Waals surface area contributed by atoms with E-state index in [9.17, 15) is 4.79 Å². The molecule has 1 heterocycles. The zero-order chi connectivity index (χ0) is 18.1. The van der Waals surface area contributed by atoms with Gasteiger partial charge in [-0.1, -0.05) is 31.2 Å². The van der Waals surface area contributed by atoms with E-state index in [4.69, 9.17) is 9.47 Å². The summed E-state index contributed by atoms with van der Waals surface area (Å²) in [6, 6.07) is 8.73. The summed E-state index contributed by atoms with van der Waals surface area (Å²) in [7, 11) is 0. The van der Waals surface area contributed by atoms with E-state index in [1.165, 1.54) is 11.1 Å². The Morgan fingerprint density at radius 3 is 2.56 bits per heavy atom. The van der Waals surface area contributed by atoms with Gasteiger partial charge < -0.3 is 14.4 Å². The van der Waals surface area contributed by atoms with Crippen LogP contribution < -0.4 is 0 Å². The smallest absolute Gasteiger partial charge is 0.410 e. The lowest BCUT2D eigenvalue weighted by molar-refractivity contribution is -0.0264. The van der Waals surface area contributed by atoms with E-state index in [2.05, 4.69) is 31.2 Å². The van der Waals surface area contributed by atoms with Gasteiger partial charge in [-0.25, -0.2) is 4.79 Å². The van der Waals surface area contributed by atoms with E-state index >= 15 is 0 Å². The molecule has 1 aromatic rings. The van der Waals surface area contributed by atoms with E-state index in [1.54, 1.807) is 0 Å². The molecule has 1 spiro atoms. The van der Waals surface area contributed by atoms with E-state index in [0.717, 1.165) is 45.4 Å². The Morgan fingerprint density at radius 2 is 1.92 bits per heavy atom. The standard InChI is InChI=1S/C21H31NO3/c1-5-14-24-18-15-16-8-6-7-9-17(16)21(18)10-12-22(13-11-21)19(23)25-20(2,3)4/h6-9,18H,5,10-15H2,1-4H3. The van der Waals surface area contributed by atoms with Crippen LogP contribution in [0.5, 0.6) is 0 Å². The van der Waals surface area contributed by atoms with Crippen LogP contribution in [0, 0.1) is 0 Å². The molecule has 1 saturated heterocycles. The van der Waals surface area contributed by atoms with Gasteiger partial charge in [0.05, 0.1) is 6.10 Å². The lowest BCUT2D eigenvalue weighted by Crippen LogP contribution is -2.50. The van der Waals surface area contributed by atoms with Crippen molar-refractivity contribution in [2.75, 3.05) is 19.7 Å². The molecular formula is C21H31NO3. The largest absolute Gasteiger partial charge is 0.444 e. The fourth-order valence-electron chi connectivity index (χ4n) is 4.24. The number of ether oxygens (including phenoxy) is 2. The Bertz CT molecular complexity index is 612. The van der Waals surface area contributed by atoms with Gasteiger partial charge in [-0.15, -0.1) is 0 Å². The van der Waals surface area contributed by atoms with Gasteiger partial charge in [0.15, 0.2) is 0 Å². The first-order valence-corrected chi connectivity index (χ1v) is 9.53. The van der Waals surface area contributed by atoms with Crippen LogP contribution in [0.2, 0.25) is 0 Å². The van der Waals surface area contributed by atoms with Crippen molar-refractivity contribution in [2.45, 2.75) is 70.5 Å². The number of amides is 1. The maximum atomic E-state index is 12.4. The molecule has 4 nitrogen and oxygen atoms in total. The summed E-state index contributed by atoms with van der Waals surface area (Å²) >= 11 is 0. The molecule has 0 aromatic heterocycles. The van der Waals surface area contributed by atoms with Gasteiger partial charge >= 0.3 is 6.09 Å². The van der Waals surface area contributed by atoms with Crippen LogP contribution in [0.1, 0.15) is 58.1 Å². The van der Waals surface area contributed by atoms with Gasteiger partial charge in [0.1, 0.15) is 5.60 Å². The predicted molar refractivity (Wildman–Crippen MR) is 98.9 cm³/mol. The van der Waals surface area contributed by atoms with E-state index < -0.39 is 5.60 Å². The third-order valence-electron chi connectivity index (χ3n) is 5.41. The molecule has 1 amide bonds. The number of piperidine rings is 1. The summed E-state index contributed by atoms with van der Waals surface area (Å²) in [6.07, 6.45) is 3.94. The highest BCUT2D eigenvalue weighted by atomic mass is 16.6. The fourth-order valence-corrected chi connectivity index (χ4v) is 4.24. The molecule has 1 aliphatic carbocycles. The Kier molecular flexibility index (Phi) is 5.10. The third kappa shape index (κ3) is 3.69. The monoisotopic (exact) mass is 345 g/mol. The second-order valence-corrected chi connectivity index (χ2v) is 8.34. The summed E-state index contributed by atoms with van der Waals surface area (Å²) in [5.41, 5.74) is 2.44. The Balaban J connectivity index is 1.75. The average Bonchev–Trinajstić information content (AvgIpc) is 2.86. The number of fused-ring (bicyclic) bond motifs is 2. The van der Waals surface area contributed by atoms with Crippen LogP contribution >= 0.6 is 0 Å². The summed E-state index contributed by atoms with van der Waals surface area (Å²) in [4.78, 5) is 14.2. The number of benzene rings is 1. The average molecular weight is 345 g/mol. The van der Waals surface area contributed by atoms with Gasteiger partial charge in [0.25, 0.3) is 0 Å². The highest BCUT2D eigenvalue weighted by Gasteiger charge is 2.49. The molecule has 0 N–H and O–H groups in total. The minimum absolute atomic E-state index is 0.0459. The third-order valence-corrected chi connectivity index (χ3v) is 5.41. The van der Waals surface area contributed by atoms with Crippen LogP contribution in [0.25, 0.3) is 0 Å². The van der Waals surface area contributed by atoms with Crippen molar-refractivity contribution < 1.29 is 14.3 Å². The molecule has 0 saturated carbocycles. The minimum Gasteiger partial charge on any atom is -0.444 e. The topological polar surface area (TPSA) is 38.8 Å². The quantitative estimate of drug-likeness (QED) is 0.819. The number of nitrogens with zero attached hydrogens (tertiary/aromatic N) is 1. The lowest BCUT2D eigenvalue weighted by Gasteiger charge is -2.43. The van der Waals surface area contributed by atoms with Gasteiger partial charge in [0.2, 0.25) is 0 Å². The number of hydrogen-bond acceptors (Lipinski definition) is 3. The molecule has 1 aromatic carbocycles. The number of hydrogen-bond donors (Lipinski definition) is 0. The highest BCUT2D eigenvalue weighted by Crippen LogP contribution is 2.47. The Labute approximate surface area is 151 Å². The second-order valence-electron chi connectivity index (χ2n) is 8.34. The molecule has 0 radical (unpaired) electrons. The SMILES string of the molecule is CCCOC1Cc2ccccc2C12CCN(C(=O)OC(C)(C)C)CC2. The highest BCUT2D eigenvalue weighted by molar-refractivity contribution is 5.68. The van der Waals surface area contributed by atoms with Crippen molar-refractivity contribution in [1.29, 1.82) is 0 Å². The molecule has 4 heteroatoms. The molecule has 2 aliphatic rings. The van der Waals surface area contributed by atoms with Gasteiger partial charge in [-0.05, 0) is 57.6 Å². The van der Waals surface area contributed by atoms with Gasteiger partial charge in [-0.2, -0.15) is 0 Å². The normalized spacial score (nSPS) is 22.1. The first kappa shape index (κ1) is 18.2. The second kappa shape index (κ2) is 6.99. The summed E-state index contributed by atoms with van der Waals surface area (Å²) in [5.74, 6) is 0. The number of carbonyl (C=O) groups excluding carboxylic acids is 1. The summed E-state index contributed by atoms with van der Waals surface area (Å²) < 4.78 is 11.8. The zero-order valence-corrected chi connectivity index (χ0v) is 16.0. The van der Waals surface area contributed by atoms with Crippen molar-refractivity contribution in [3.63, 3.8) is 0 Å². The molecule has 1 fully saturated rings. The molecule has 25 heavy (non-hydrogen) atoms. The van der Waals surface area contributed by atoms with Crippen molar-refractivity contribution in [3.05, 3.63) is 35.4 Å². The van der Waals surface area contributed by atoms with Crippen LogP contribution in [-0.2, 0) is 21.3 Å². The van der Waals surface area contributed by atoms with Crippen LogP contribution in [0.15, 0.2) is 24.3 Å². The minimum atomic E-state index is -0.445. The maximum absolute atomic E-state index is 12.4. The lowest BCUT2D eigenvalue weighted by atomic mass is 9.72. The Hall–Kier alpha value is -1.55. The molecule has 3 rings (SSSR count). The van der Waals surface area contributed by atoms with Crippen molar-refractivity contribution in [2.24, 2.45) is 0 Å². The van der Waals surface area contributed by atoms with E-state index in [1.807, 2.05) is 25.7 Å². The molecule has 1 aliphatic heterocycles. The number of carbonyl (C=O) groups is 1. The van der Waals surface area contributed by atoms with E-state index in [0.29, 0.717) is 0 Å². The summed E-state index contributed by atoms with van der Waals surface area (Å²) in [6.45, 7) is 10.2. The van der Waals surface area contributed by atoms with Gasteiger partial charge in [-0.3, -0.25) is 0 Å². The van der Waals surface area contributed by atoms with Crippen molar-refractivity contribution in [3.8, 4) is 0 Å². The van der Waals surface area contributed by atoms with Crippen molar-refractivity contribution >= 4 is 6.09 Å². The number of rotatable bonds is 3. The zero-order valence-electron chi connectivity index (χ0n) is 16.0. The molecular weight excluding hydrogens is 314 g/mol. The van der Waals surface area contributed by atoms with Crippen LogP contribution in [-0.4, -0.2) is 42.4 Å². The van der Waals surface area contributed by atoms with Gasteiger partial charge in [0, 0.05) is 25.1 Å². The summed E-state index contributed by atoms with van der Waals surface area (Å²) in [5, 5.41) is 0. The first-order chi connectivity index (χ1) is 11.9. The predicted octanol–water partition coefficient (Wildman–Crippen LogP) is 4.31. The number of likely N-dealkylation sites (tertiary alicyclic amines) is 1. The molecule has 1 unspecified atom stereocenters. The van der Waals surface area contributed by atoms with Crippen molar-refractivity contribution in [1.82, 2.24) is 4.90 Å². The Morgan fingerprint density at radius 1 is 1.24 bits per heavy atom. The first-order valence-electron chi connectivity index (χ1n) is 9.53. The fraction of sp³-hybridized carbons (Fsp3) is 0.667. The van der Waals surface area contributed by atoms with Crippen LogP contribution in [0.4, 0.5) is 4.79 Å². The van der Waals surface area contributed by atoms with Crippen LogP contribution in [0.3, 0.4) is 0 Å².